The summed E-state index contributed by atoms with van der Waals surface area (Å²) in [6.07, 6.45) is 0. The summed E-state index contributed by atoms with van der Waals surface area (Å²) in [5, 5.41) is 20.9. The molecule has 4 aromatic rings. The van der Waals surface area contributed by atoms with Gasteiger partial charge in [-0.05, 0) is 46.8 Å². The number of amides is 1. The SMILES string of the molecule is O=C(C1=C(O)C(=O)N(c2nnc(SCc3ccc(F)cc3)s2)C1c1ccc(F)cc1)c1cccs1. The van der Waals surface area contributed by atoms with Gasteiger partial charge in [-0.3, -0.25) is 14.5 Å². The number of rotatable bonds is 7. The molecule has 3 heterocycles. The van der Waals surface area contributed by atoms with Gasteiger partial charge in [-0.2, -0.15) is 0 Å². The molecule has 11 heteroatoms. The Morgan fingerprint density at radius 2 is 1.71 bits per heavy atom. The van der Waals surface area contributed by atoms with Crippen molar-refractivity contribution in [3.8, 4) is 0 Å². The predicted molar refractivity (Wildman–Crippen MR) is 131 cm³/mol. The Hall–Kier alpha value is -3.41. The Morgan fingerprint density at radius 3 is 2.37 bits per heavy atom. The Morgan fingerprint density at radius 1 is 1.03 bits per heavy atom. The third-order valence-corrected chi connectivity index (χ3v) is 8.26. The standard InChI is InChI=1S/C24H15F2N3O3S3/c25-15-7-3-13(4-8-15)12-34-24-28-27-23(35-24)29-19(14-5-9-16(26)10-6-14)18(21(31)22(29)32)20(30)17-2-1-11-33-17/h1-11,19,31H,12H2. The lowest BCUT2D eigenvalue weighted by molar-refractivity contribution is -0.117. The van der Waals surface area contributed by atoms with Crippen molar-refractivity contribution >= 4 is 51.3 Å². The summed E-state index contributed by atoms with van der Waals surface area (Å²) in [7, 11) is 0. The number of thiophene rings is 1. The summed E-state index contributed by atoms with van der Waals surface area (Å²) in [4.78, 5) is 28.0. The number of anilines is 1. The third-order valence-electron chi connectivity index (χ3n) is 5.26. The number of aromatic nitrogens is 2. The van der Waals surface area contributed by atoms with E-state index in [-0.39, 0.29) is 16.5 Å². The second-order valence-electron chi connectivity index (χ2n) is 7.46. The van der Waals surface area contributed by atoms with Crippen LogP contribution in [0.5, 0.6) is 0 Å². The predicted octanol–water partition coefficient (Wildman–Crippen LogP) is 5.95. The van der Waals surface area contributed by atoms with Gasteiger partial charge in [0, 0.05) is 5.75 Å². The lowest BCUT2D eigenvalue weighted by Crippen LogP contribution is -2.31. The van der Waals surface area contributed by atoms with Gasteiger partial charge < -0.3 is 5.11 Å². The number of benzene rings is 2. The fraction of sp³-hybridized carbons (Fsp3) is 0.0833. The summed E-state index contributed by atoms with van der Waals surface area (Å²) >= 11 is 3.67. The molecule has 0 fully saturated rings. The minimum absolute atomic E-state index is 0.0974. The van der Waals surface area contributed by atoms with Crippen molar-refractivity contribution in [3.63, 3.8) is 0 Å². The smallest absolute Gasteiger partial charge is 0.296 e. The summed E-state index contributed by atoms with van der Waals surface area (Å²) < 4.78 is 27.3. The highest BCUT2D eigenvalue weighted by molar-refractivity contribution is 8.00. The fourth-order valence-corrected chi connectivity index (χ4v) is 6.12. The number of carbonyl (C=O) groups excluding carboxylic acids is 2. The first kappa shape index (κ1) is 23.3. The number of aliphatic hydroxyl groups excluding tert-OH is 1. The van der Waals surface area contributed by atoms with Crippen molar-refractivity contribution in [1.82, 2.24) is 10.2 Å². The van der Waals surface area contributed by atoms with Gasteiger partial charge in [0.05, 0.1) is 16.5 Å². The molecule has 1 unspecified atom stereocenters. The Balaban J connectivity index is 1.48. The summed E-state index contributed by atoms with van der Waals surface area (Å²) in [6.45, 7) is 0. The molecule has 2 aromatic carbocycles. The zero-order chi connectivity index (χ0) is 24.5. The van der Waals surface area contributed by atoms with E-state index in [0.717, 1.165) is 16.9 Å². The van der Waals surface area contributed by atoms with E-state index >= 15 is 0 Å². The van der Waals surface area contributed by atoms with E-state index < -0.39 is 29.3 Å². The minimum Gasteiger partial charge on any atom is -0.503 e. The van der Waals surface area contributed by atoms with Gasteiger partial charge in [0.2, 0.25) is 10.9 Å². The number of carbonyl (C=O) groups is 2. The van der Waals surface area contributed by atoms with Crippen LogP contribution >= 0.6 is 34.4 Å². The molecule has 1 atom stereocenters. The lowest BCUT2D eigenvalue weighted by atomic mass is 9.95. The molecular formula is C24H15F2N3O3S3. The van der Waals surface area contributed by atoms with Crippen LogP contribution < -0.4 is 4.90 Å². The van der Waals surface area contributed by atoms with Gasteiger partial charge in [-0.1, -0.05) is 53.4 Å². The molecule has 1 amide bonds. The molecule has 1 N–H and O–H groups in total. The molecule has 0 radical (unpaired) electrons. The molecule has 0 bridgehead atoms. The highest BCUT2D eigenvalue weighted by Gasteiger charge is 2.46. The molecule has 6 nitrogen and oxygen atoms in total. The quantitative estimate of drug-likeness (QED) is 0.182. The maximum absolute atomic E-state index is 13.6. The van der Waals surface area contributed by atoms with Crippen LogP contribution in [0, 0.1) is 11.6 Å². The fourth-order valence-electron chi connectivity index (χ4n) is 3.62. The normalized spacial score (nSPS) is 15.8. The van der Waals surface area contributed by atoms with Crippen LogP contribution in [0.2, 0.25) is 0 Å². The average Bonchev–Trinajstić information content (AvgIpc) is 3.60. The highest BCUT2D eigenvalue weighted by Crippen LogP contribution is 2.44. The van der Waals surface area contributed by atoms with Crippen LogP contribution in [0.15, 0.2) is 81.7 Å². The largest absolute Gasteiger partial charge is 0.503 e. The van der Waals surface area contributed by atoms with E-state index in [0.29, 0.717) is 20.5 Å². The molecule has 0 saturated heterocycles. The number of nitrogens with zero attached hydrogens (tertiary/aromatic N) is 3. The number of ketones is 1. The van der Waals surface area contributed by atoms with Crippen molar-refractivity contribution < 1.29 is 23.5 Å². The molecule has 1 aliphatic rings. The van der Waals surface area contributed by atoms with E-state index in [1.807, 2.05) is 0 Å². The van der Waals surface area contributed by atoms with Crippen molar-refractivity contribution in [2.75, 3.05) is 4.90 Å². The van der Waals surface area contributed by atoms with Gasteiger partial charge in [-0.25, -0.2) is 8.78 Å². The minimum atomic E-state index is -0.999. The van der Waals surface area contributed by atoms with Crippen LogP contribution in [-0.2, 0) is 10.5 Å². The molecule has 0 spiro atoms. The first-order valence-electron chi connectivity index (χ1n) is 10.2. The van der Waals surface area contributed by atoms with Crippen molar-refractivity contribution in [1.29, 1.82) is 0 Å². The van der Waals surface area contributed by atoms with Gasteiger partial charge >= 0.3 is 0 Å². The third kappa shape index (κ3) is 4.62. The molecule has 5 rings (SSSR count). The molecule has 35 heavy (non-hydrogen) atoms. The monoisotopic (exact) mass is 527 g/mol. The number of halogens is 2. The van der Waals surface area contributed by atoms with Crippen molar-refractivity contribution in [2.45, 2.75) is 16.1 Å². The zero-order valence-corrected chi connectivity index (χ0v) is 20.2. The Labute approximate surface area is 210 Å². The van der Waals surface area contributed by atoms with E-state index in [4.69, 9.17) is 0 Å². The van der Waals surface area contributed by atoms with Crippen molar-refractivity contribution in [3.05, 3.63) is 105 Å². The van der Waals surface area contributed by atoms with E-state index in [2.05, 4.69) is 10.2 Å². The topological polar surface area (TPSA) is 83.4 Å². The van der Waals surface area contributed by atoms with E-state index in [1.165, 1.54) is 64.4 Å². The van der Waals surface area contributed by atoms with Gasteiger partial charge in [0.15, 0.2) is 10.1 Å². The number of thioether (sulfide) groups is 1. The van der Waals surface area contributed by atoms with Crippen molar-refractivity contribution in [2.24, 2.45) is 0 Å². The zero-order valence-electron chi connectivity index (χ0n) is 17.7. The molecule has 0 saturated carbocycles. The van der Waals surface area contributed by atoms with Crippen LogP contribution in [-0.4, -0.2) is 27.0 Å². The van der Waals surface area contributed by atoms with Crippen LogP contribution in [0.4, 0.5) is 13.9 Å². The summed E-state index contributed by atoms with van der Waals surface area (Å²) in [5.74, 6) is -2.23. The summed E-state index contributed by atoms with van der Waals surface area (Å²) in [6, 6.07) is 13.8. The Kier molecular flexibility index (Phi) is 6.46. The van der Waals surface area contributed by atoms with Crippen LogP contribution in [0.3, 0.4) is 0 Å². The first-order chi connectivity index (χ1) is 16.9. The molecule has 1 aliphatic heterocycles. The maximum atomic E-state index is 13.6. The second-order valence-corrected chi connectivity index (χ2v) is 10.6. The van der Waals surface area contributed by atoms with Crippen LogP contribution in [0.1, 0.15) is 26.8 Å². The van der Waals surface area contributed by atoms with Gasteiger partial charge in [-0.15, -0.1) is 21.5 Å². The molecule has 176 valence electrons. The molecular weight excluding hydrogens is 512 g/mol. The van der Waals surface area contributed by atoms with Gasteiger partial charge in [0.1, 0.15) is 11.6 Å². The number of hydrogen-bond donors (Lipinski definition) is 1. The first-order valence-corrected chi connectivity index (χ1v) is 12.9. The second kappa shape index (κ2) is 9.68. The molecule has 0 aliphatic carbocycles. The maximum Gasteiger partial charge on any atom is 0.296 e. The number of aliphatic hydroxyl groups is 1. The number of hydrogen-bond acceptors (Lipinski definition) is 8. The number of Topliss-reactive ketones (excluding diaryl/α,β-unsaturated/α-hetero) is 1. The van der Waals surface area contributed by atoms with Gasteiger partial charge in [0.25, 0.3) is 5.91 Å². The highest BCUT2D eigenvalue weighted by atomic mass is 32.2. The summed E-state index contributed by atoms with van der Waals surface area (Å²) in [5.41, 5.74) is 1.23. The molecule has 2 aromatic heterocycles. The van der Waals surface area contributed by atoms with Crippen LogP contribution in [0.25, 0.3) is 0 Å². The lowest BCUT2D eigenvalue weighted by Gasteiger charge is -2.23. The Bertz CT molecular complexity index is 1420. The van der Waals surface area contributed by atoms with E-state index in [1.54, 1.807) is 29.6 Å². The average molecular weight is 528 g/mol. The van der Waals surface area contributed by atoms with E-state index in [9.17, 15) is 23.5 Å².